The predicted octanol–water partition coefficient (Wildman–Crippen LogP) is 1.79. The number of nitrogens with zero attached hydrogens (tertiary/aromatic N) is 3. The molecule has 7 heteroatoms. The van der Waals surface area contributed by atoms with E-state index in [-0.39, 0.29) is 18.2 Å². The van der Waals surface area contributed by atoms with Gasteiger partial charge >= 0.3 is 5.69 Å². The molecule has 0 amide bonds. The molecule has 0 spiro atoms. The molecule has 0 saturated heterocycles. The standard InChI is InChI=1S/C12H22N4O3/c1-5-7-9-10(16(17)18)11(15(4)14-9)19-8-12(3,13)6-2/h5-8,13H2,1-4H3. The number of rotatable bonds is 7. The largest absolute Gasteiger partial charge is 0.471 e. The molecule has 108 valence electrons. The van der Waals surface area contributed by atoms with Crippen LogP contribution in [0.4, 0.5) is 5.69 Å². The Hall–Kier alpha value is -1.63. The minimum atomic E-state index is -0.511. The molecule has 0 fully saturated rings. The summed E-state index contributed by atoms with van der Waals surface area (Å²) in [5, 5.41) is 15.3. The molecule has 19 heavy (non-hydrogen) atoms. The van der Waals surface area contributed by atoms with Crippen LogP contribution in [0.15, 0.2) is 0 Å². The van der Waals surface area contributed by atoms with Gasteiger partial charge in [0, 0.05) is 12.6 Å². The number of aryl methyl sites for hydroxylation is 2. The lowest BCUT2D eigenvalue weighted by molar-refractivity contribution is -0.386. The van der Waals surface area contributed by atoms with Gasteiger partial charge in [-0.2, -0.15) is 5.10 Å². The predicted molar refractivity (Wildman–Crippen MR) is 72.2 cm³/mol. The van der Waals surface area contributed by atoms with Crippen molar-refractivity contribution in [2.24, 2.45) is 12.8 Å². The molecule has 0 aliphatic heterocycles. The first-order valence-corrected chi connectivity index (χ1v) is 6.44. The first-order valence-electron chi connectivity index (χ1n) is 6.44. The van der Waals surface area contributed by atoms with Gasteiger partial charge in [0.05, 0.1) is 4.92 Å². The topological polar surface area (TPSA) is 96.2 Å². The van der Waals surface area contributed by atoms with Crippen LogP contribution in [0.2, 0.25) is 0 Å². The quantitative estimate of drug-likeness (QED) is 0.602. The minimum Gasteiger partial charge on any atom is -0.471 e. The summed E-state index contributed by atoms with van der Waals surface area (Å²) < 4.78 is 6.96. The highest BCUT2D eigenvalue weighted by Gasteiger charge is 2.29. The summed E-state index contributed by atoms with van der Waals surface area (Å²) in [5.41, 5.74) is 5.88. The van der Waals surface area contributed by atoms with Crippen molar-refractivity contribution in [3.8, 4) is 5.88 Å². The van der Waals surface area contributed by atoms with Gasteiger partial charge in [-0.25, -0.2) is 4.68 Å². The Bertz CT molecular complexity index is 454. The molecule has 1 heterocycles. The summed E-state index contributed by atoms with van der Waals surface area (Å²) in [6.07, 6.45) is 2.07. The molecule has 1 atom stereocenters. The number of ether oxygens (including phenoxy) is 1. The molecule has 0 aliphatic carbocycles. The Labute approximate surface area is 112 Å². The Balaban J connectivity index is 3.02. The van der Waals surface area contributed by atoms with Crippen LogP contribution in [-0.4, -0.2) is 26.8 Å². The molecule has 0 radical (unpaired) electrons. The van der Waals surface area contributed by atoms with E-state index < -0.39 is 10.5 Å². The van der Waals surface area contributed by atoms with Crippen LogP contribution in [0.5, 0.6) is 5.88 Å². The van der Waals surface area contributed by atoms with Gasteiger partial charge in [0.2, 0.25) is 0 Å². The highest BCUT2D eigenvalue weighted by Crippen LogP contribution is 2.31. The fourth-order valence-corrected chi connectivity index (χ4v) is 1.64. The van der Waals surface area contributed by atoms with E-state index in [1.54, 1.807) is 7.05 Å². The average Bonchev–Trinajstić information content (AvgIpc) is 2.63. The smallest absolute Gasteiger partial charge is 0.353 e. The fourth-order valence-electron chi connectivity index (χ4n) is 1.64. The van der Waals surface area contributed by atoms with Crippen LogP contribution in [0.1, 0.15) is 39.3 Å². The molecular formula is C12H22N4O3. The monoisotopic (exact) mass is 270 g/mol. The third-order valence-corrected chi connectivity index (χ3v) is 3.06. The van der Waals surface area contributed by atoms with E-state index in [0.29, 0.717) is 12.1 Å². The third-order valence-electron chi connectivity index (χ3n) is 3.06. The van der Waals surface area contributed by atoms with Crippen LogP contribution in [0.25, 0.3) is 0 Å². The van der Waals surface area contributed by atoms with Crippen molar-refractivity contribution in [1.82, 2.24) is 9.78 Å². The van der Waals surface area contributed by atoms with Crippen LogP contribution in [0.3, 0.4) is 0 Å². The minimum absolute atomic E-state index is 0.0451. The second-order valence-corrected chi connectivity index (χ2v) is 5.03. The number of nitro groups is 1. The number of aromatic nitrogens is 2. The molecule has 2 N–H and O–H groups in total. The van der Waals surface area contributed by atoms with Gasteiger partial charge < -0.3 is 10.5 Å². The maximum atomic E-state index is 11.2. The zero-order valence-electron chi connectivity index (χ0n) is 12.0. The first kappa shape index (κ1) is 15.4. The van der Waals surface area contributed by atoms with E-state index in [0.717, 1.165) is 12.8 Å². The van der Waals surface area contributed by atoms with Crippen molar-refractivity contribution >= 4 is 5.69 Å². The number of hydrogen-bond donors (Lipinski definition) is 1. The maximum Gasteiger partial charge on any atom is 0.353 e. The summed E-state index contributed by atoms with van der Waals surface area (Å²) in [5.74, 6) is 0.179. The average molecular weight is 270 g/mol. The van der Waals surface area contributed by atoms with Crippen LogP contribution in [-0.2, 0) is 13.5 Å². The van der Waals surface area contributed by atoms with E-state index in [1.807, 2.05) is 20.8 Å². The molecule has 0 bridgehead atoms. The Morgan fingerprint density at radius 1 is 1.53 bits per heavy atom. The molecule has 1 rings (SSSR count). The second-order valence-electron chi connectivity index (χ2n) is 5.03. The Kier molecular flexibility index (Phi) is 4.88. The highest BCUT2D eigenvalue weighted by molar-refractivity contribution is 5.46. The van der Waals surface area contributed by atoms with Crippen LogP contribution in [0, 0.1) is 10.1 Å². The lowest BCUT2D eigenvalue weighted by Crippen LogP contribution is -2.41. The lowest BCUT2D eigenvalue weighted by atomic mass is 10.0. The number of hydrogen-bond acceptors (Lipinski definition) is 5. The van der Waals surface area contributed by atoms with Crippen molar-refractivity contribution in [3.63, 3.8) is 0 Å². The Morgan fingerprint density at radius 3 is 2.63 bits per heavy atom. The van der Waals surface area contributed by atoms with E-state index in [9.17, 15) is 10.1 Å². The van der Waals surface area contributed by atoms with Gasteiger partial charge in [-0.15, -0.1) is 0 Å². The van der Waals surface area contributed by atoms with Crippen molar-refractivity contribution in [1.29, 1.82) is 0 Å². The van der Waals surface area contributed by atoms with E-state index in [2.05, 4.69) is 5.10 Å². The summed E-state index contributed by atoms with van der Waals surface area (Å²) >= 11 is 0. The summed E-state index contributed by atoms with van der Waals surface area (Å²) in [7, 11) is 1.64. The van der Waals surface area contributed by atoms with Gasteiger partial charge in [-0.05, 0) is 19.8 Å². The lowest BCUT2D eigenvalue weighted by Gasteiger charge is -2.22. The van der Waals surface area contributed by atoms with E-state index >= 15 is 0 Å². The molecule has 1 aromatic rings. The van der Waals surface area contributed by atoms with Crippen molar-refractivity contribution in [2.75, 3.05) is 6.61 Å². The molecule has 1 aromatic heterocycles. The van der Waals surface area contributed by atoms with Gasteiger partial charge in [0.25, 0.3) is 5.88 Å². The zero-order valence-corrected chi connectivity index (χ0v) is 12.0. The third kappa shape index (κ3) is 3.66. The van der Waals surface area contributed by atoms with E-state index in [1.165, 1.54) is 4.68 Å². The first-order chi connectivity index (χ1) is 8.82. The maximum absolute atomic E-state index is 11.2. The summed E-state index contributed by atoms with van der Waals surface area (Å²) in [4.78, 5) is 10.7. The van der Waals surface area contributed by atoms with Crippen LogP contribution >= 0.6 is 0 Å². The highest BCUT2D eigenvalue weighted by atomic mass is 16.6. The summed E-state index contributed by atoms with van der Waals surface area (Å²) in [6.45, 7) is 5.97. The van der Waals surface area contributed by atoms with Crippen LogP contribution < -0.4 is 10.5 Å². The molecular weight excluding hydrogens is 248 g/mol. The molecule has 0 saturated carbocycles. The SMILES string of the molecule is CCCc1nn(C)c(OCC(C)(N)CC)c1[N+](=O)[O-]. The fraction of sp³-hybridized carbons (Fsp3) is 0.750. The molecule has 7 nitrogen and oxygen atoms in total. The van der Waals surface area contributed by atoms with Gasteiger partial charge in [0.15, 0.2) is 0 Å². The number of nitrogens with two attached hydrogens (primary N) is 1. The van der Waals surface area contributed by atoms with Gasteiger partial charge in [-0.3, -0.25) is 10.1 Å². The zero-order chi connectivity index (χ0) is 14.6. The van der Waals surface area contributed by atoms with Gasteiger partial charge in [0.1, 0.15) is 12.3 Å². The molecule has 0 aromatic carbocycles. The molecule has 1 unspecified atom stereocenters. The van der Waals surface area contributed by atoms with Gasteiger partial charge in [-0.1, -0.05) is 20.3 Å². The van der Waals surface area contributed by atoms with Crippen molar-refractivity contribution in [3.05, 3.63) is 15.8 Å². The summed E-state index contributed by atoms with van der Waals surface area (Å²) in [6, 6.07) is 0. The second kappa shape index (κ2) is 6.01. The Morgan fingerprint density at radius 2 is 2.16 bits per heavy atom. The molecule has 0 aliphatic rings. The normalized spacial score (nSPS) is 14.2. The van der Waals surface area contributed by atoms with E-state index in [4.69, 9.17) is 10.5 Å². The van der Waals surface area contributed by atoms with Crippen molar-refractivity contribution in [2.45, 2.75) is 45.6 Å². The van der Waals surface area contributed by atoms with Crippen molar-refractivity contribution < 1.29 is 9.66 Å².